The summed E-state index contributed by atoms with van der Waals surface area (Å²) < 4.78 is 9.16. The van der Waals surface area contributed by atoms with Gasteiger partial charge in [-0.25, -0.2) is 0 Å². The third-order valence-electron chi connectivity index (χ3n) is 15.8. The van der Waals surface area contributed by atoms with Crippen LogP contribution in [-0.2, 0) is 5.41 Å². The van der Waals surface area contributed by atoms with Crippen molar-refractivity contribution < 1.29 is 0 Å². The first-order chi connectivity index (χ1) is 35.9. The van der Waals surface area contributed by atoms with Crippen molar-refractivity contribution in [3.05, 3.63) is 228 Å². The second-order valence-corrected chi connectivity index (χ2v) is 19.7. The molecule has 7 heteroatoms. The smallest absolute Gasteiger partial charge is 0.104 e. The maximum Gasteiger partial charge on any atom is 0.104 e. The van der Waals surface area contributed by atoms with Crippen molar-refractivity contribution in [3.63, 3.8) is 0 Å². The zero-order valence-corrected chi connectivity index (χ0v) is 39.7. The van der Waals surface area contributed by atoms with Gasteiger partial charge in [-0.1, -0.05) is 153 Å². The minimum absolute atomic E-state index is 0.341. The Labute approximate surface area is 418 Å². The Morgan fingerprint density at radius 2 is 0.767 bits per heavy atom. The highest BCUT2D eigenvalue weighted by atomic mass is 15.1. The summed E-state index contributed by atoms with van der Waals surface area (Å²) in [5.74, 6) is 0. The molecule has 338 valence electrons. The molecule has 0 radical (unpaired) electrons. The van der Waals surface area contributed by atoms with Gasteiger partial charge in [0.1, 0.15) is 23.3 Å². The molecular weight excluding hydrogens is 891 g/mol. The van der Waals surface area contributed by atoms with Gasteiger partial charge in [0.05, 0.1) is 78.5 Å². The third-order valence-corrected chi connectivity index (χ3v) is 15.8. The van der Waals surface area contributed by atoms with Crippen LogP contribution in [-0.4, -0.2) is 18.3 Å². The second-order valence-electron chi connectivity index (χ2n) is 19.7. The molecule has 0 atom stereocenters. The Morgan fingerprint density at radius 1 is 0.356 bits per heavy atom. The molecule has 73 heavy (non-hydrogen) atoms. The third kappa shape index (κ3) is 5.18. The molecule has 0 N–H and O–H groups in total. The lowest BCUT2D eigenvalue weighted by Crippen LogP contribution is -2.26. The average molecular weight is 930 g/mol. The van der Waals surface area contributed by atoms with Crippen LogP contribution >= 0.6 is 0 Å². The maximum absolute atomic E-state index is 12.4. The highest BCUT2D eigenvalue weighted by molar-refractivity contribution is 6.28. The normalized spacial score (nSPS) is 12.9. The summed E-state index contributed by atoms with van der Waals surface area (Å²) >= 11 is 0. The number of nitriles is 3. The van der Waals surface area contributed by atoms with Crippen molar-refractivity contribution in [2.45, 2.75) is 19.3 Å². The van der Waals surface area contributed by atoms with Gasteiger partial charge in [-0.2, -0.15) is 15.8 Å². The standard InChI is InChI=1S/C66H39N7/c1-66(2)50-23-9-16-30-58(50)72-57-29-15-8-22-46(57)60-62-47(35-51(66)65(60)72)45-21-7-14-28-56(45)73(62)61-48(37-68)63(70-52-24-10-3-17-41(52)42-18-4-11-25-53(42)70)59(40-33-31-39(36-67)32-34-40)64(49(61)38-69)71-54-26-12-5-19-43(54)44-20-6-13-27-55(44)71/h3-35H,1-2H3. The fourth-order valence-electron chi connectivity index (χ4n) is 12.8. The number of hydrogen-bond acceptors (Lipinski definition) is 3. The maximum atomic E-state index is 12.4. The van der Waals surface area contributed by atoms with Gasteiger partial charge in [-0.15, -0.1) is 0 Å². The largest absolute Gasteiger partial charge is 0.309 e. The number of nitrogens with zero attached hydrogens (tertiary/aromatic N) is 7. The highest BCUT2D eigenvalue weighted by Gasteiger charge is 2.39. The molecule has 0 saturated heterocycles. The molecule has 7 nitrogen and oxygen atoms in total. The van der Waals surface area contributed by atoms with Gasteiger partial charge in [0.15, 0.2) is 0 Å². The van der Waals surface area contributed by atoms with E-state index in [-0.39, 0.29) is 5.41 Å². The molecule has 1 aliphatic heterocycles. The fourth-order valence-corrected chi connectivity index (χ4v) is 12.8. The minimum atomic E-state index is -0.373. The number of benzene rings is 10. The molecule has 0 amide bonds. The summed E-state index contributed by atoms with van der Waals surface area (Å²) in [4.78, 5) is 0. The van der Waals surface area contributed by atoms with E-state index in [0.29, 0.717) is 39.3 Å². The Balaban J connectivity index is 1.26. The van der Waals surface area contributed by atoms with Gasteiger partial charge >= 0.3 is 0 Å². The van der Waals surface area contributed by atoms with Gasteiger partial charge in [-0.05, 0) is 77.4 Å². The Kier molecular flexibility index (Phi) is 8.20. The van der Waals surface area contributed by atoms with E-state index in [9.17, 15) is 15.8 Å². The molecular formula is C66H39N7. The van der Waals surface area contributed by atoms with E-state index in [4.69, 9.17) is 0 Å². The van der Waals surface area contributed by atoms with E-state index in [2.05, 4.69) is 202 Å². The summed E-state index contributed by atoms with van der Waals surface area (Å²) in [7, 11) is 0. The second kappa shape index (κ2) is 14.7. The van der Waals surface area contributed by atoms with Gasteiger partial charge in [0.25, 0.3) is 0 Å². The zero-order chi connectivity index (χ0) is 48.9. The fraction of sp³-hybridized carbons (Fsp3) is 0.0455. The molecule has 5 heterocycles. The van der Waals surface area contributed by atoms with E-state index in [1.807, 2.05) is 48.5 Å². The van der Waals surface area contributed by atoms with Crippen LogP contribution < -0.4 is 0 Å². The van der Waals surface area contributed by atoms with Crippen LogP contribution in [0.1, 0.15) is 41.7 Å². The van der Waals surface area contributed by atoms with E-state index in [1.54, 1.807) is 0 Å². The lowest BCUT2D eigenvalue weighted by Gasteiger charge is -2.35. The van der Waals surface area contributed by atoms with E-state index in [0.717, 1.165) is 98.5 Å². The van der Waals surface area contributed by atoms with Crippen molar-refractivity contribution in [1.29, 1.82) is 15.8 Å². The average Bonchev–Trinajstić information content (AvgIpc) is 4.17. The van der Waals surface area contributed by atoms with Crippen LogP contribution in [0.3, 0.4) is 0 Å². The molecule has 0 aliphatic carbocycles. The molecule has 14 aromatic rings. The molecule has 0 spiro atoms. The number of fused-ring (bicyclic) bond motifs is 15. The van der Waals surface area contributed by atoms with Crippen molar-refractivity contribution in [3.8, 4) is 52.1 Å². The summed E-state index contributed by atoms with van der Waals surface area (Å²) in [5.41, 5.74) is 15.3. The van der Waals surface area contributed by atoms with E-state index in [1.165, 1.54) is 11.1 Å². The van der Waals surface area contributed by atoms with Crippen molar-refractivity contribution >= 4 is 87.2 Å². The number of rotatable bonds is 4. The van der Waals surface area contributed by atoms with Crippen LogP contribution in [0, 0.1) is 34.0 Å². The topological polar surface area (TPSA) is 91.1 Å². The first-order valence-corrected chi connectivity index (χ1v) is 24.5. The first-order valence-electron chi connectivity index (χ1n) is 24.5. The van der Waals surface area contributed by atoms with Crippen LogP contribution in [0.5, 0.6) is 0 Å². The van der Waals surface area contributed by atoms with Crippen molar-refractivity contribution in [1.82, 2.24) is 18.3 Å². The molecule has 0 bridgehead atoms. The lowest BCUT2D eigenvalue weighted by atomic mass is 9.74. The lowest BCUT2D eigenvalue weighted by molar-refractivity contribution is 0.631. The van der Waals surface area contributed by atoms with Gasteiger partial charge in [0.2, 0.25) is 0 Å². The summed E-state index contributed by atoms with van der Waals surface area (Å²) in [5, 5.41) is 43.4. The Morgan fingerprint density at radius 3 is 1.25 bits per heavy atom. The zero-order valence-electron chi connectivity index (χ0n) is 39.7. The molecule has 0 saturated carbocycles. The van der Waals surface area contributed by atoms with Crippen LogP contribution in [0.2, 0.25) is 0 Å². The summed E-state index contributed by atoms with van der Waals surface area (Å²) in [6.45, 7) is 4.65. The van der Waals surface area contributed by atoms with Gasteiger partial charge in [0, 0.05) is 54.1 Å². The highest BCUT2D eigenvalue weighted by Crippen LogP contribution is 2.54. The molecule has 0 fully saturated rings. The SMILES string of the molecule is CC1(C)c2ccccc2-n2c3ccccc3c3c2c1cc1c2ccccc2n(-c2c(C#N)c(-n4c5ccccc5c5ccccc54)c(-c4ccc(C#N)cc4)c(-n4c5ccccc5c5ccccc54)c2C#N)c13. The molecule has 4 aromatic heterocycles. The molecule has 10 aromatic carbocycles. The number of para-hydroxylation sites is 7. The van der Waals surface area contributed by atoms with Crippen molar-refractivity contribution in [2.24, 2.45) is 0 Å². The van der Waals surface area contributed by atoms with Crippen LogP contribution in [0.4, 0.5) is 0 Å². The van der Waals surface area contributed by atoms with E-state index < -0.39 is 0 Å². The summed E-state index contributed by atoms with van der Waals surface area (Å²) in [6, 6.07) is 77.3. The minimum Gasteiger partial charge on any atom is -0.309 e. The predicted octanol–water partition coefficient (Wildman–Crippen LogP) is 16.0. The van der Waals surface area contributed by atoms with Crippen LogP contribution in [0.25, 0.3) is 121 Å². The Bertz CT molecular complexity index is 4650. The quantitative estimate of drug-likeness (QED) is 0.176. The summed E-state index contributed by atoms with van der Waals surface area (Å²) in [6.07, 6.45) is 0. The van der Waals surface area contributed by atoms with E-state index >= 15 is 0 Å². The van der Waals surface area contributed by atoms with Gasteiger partial charge in [-0.3, -0.25) is 0 Å². The molecule has 0 unspecified atom stereocenters. The number of aromatic nitrogens is 4. The van der Waals surface area contributed by atoms with Crippen LogP contribution in [0.15, 0.2) is 200 Å². The monoisotopic (exact) mass is 929 g/mol. The van der Waals surface area contributed by atoms with Crippen molar-refractivity contribution in [2.75, 3.05) is 0 Å². The first kappa shape index (κ1) is 40.7. The van der Waals surface area contributed by atoms with Gasteiger partial charge < -0.3 is 18.3 Å². The molecule has 15 rings (SSSR count). The predicted molar refractivity (Wildman–Crippen MR) is 296 cm³/mol. The molecule has 1 aliphatic rings. The Hall–Kier alpha value is -10.1. The number of hydrogen-bond donors (Lipinski definition) is 0.